The standard InChI is InChI=1S/C16H20N2O6S/c1-12-3-5-13(6-4-12)25(21,22)17-15(19)14(16(20)23-2)11-18-7-9-24-10-8-18/h3-6,11H,7-10H2,1-2H3,(H,17,19)/b14-11-. The second-order valence-electron chi connectivity index (χ2n) is 5.43. The number of hydrogen-bond donors (Lipinski definition) is 1. The lowest BCUT2D eigenvalue weighted by Gasteiger charge is -2.25. The van der Waals surface area contributed by atoms with Crippen molar-refractivity contribution in [2.24, 2.45) is 0 Å². The SMILES string of the molecule is COC(=O)/C(=C\N1CCOCC1)C(=O)NS(=O)(=O)c1ccc(C)cc1. The number of sulfonamides is 1. The predicted octanol–water partition coefficient (Wildman–Crippen LogP) is 0.189. The summed E-state index contributed by atoms with van der Waals surface area (Å²) >= 11 is 0. The van der Waals surface area contributed by atoms with Crippen molar-refractivity contribution in [3.05, 3.63) is 41.6 Å². The number of hydrogen-bond acceptors (Lipinski definition) is 7. The summed E-state index contributed by atoms with van der Waals surface area (Å²) < 4.78 is 36.3. The van der Waals surface area contributed by atoms with Gasteiger partial charge in [0.15, 0.2) is 0 Å². The van der Waals surface area contributed by atoms with E-state index in [0.29, 0.717) is 26.3 Å². The summed E-state index contributed by atoms with van der Waals surface area (Å²) in [5.74, 6) is -1.96. The van der Waals surface area contributed by atoms with E-state index in [1.165, 1.54) is 18.3 Å². The molecule has 0 atom stereocenters. The van der Waals surface area contributed by atoms with Crippen molar-refractivity contribution in [3.8, 4) is 0 Å². The predicted molar refractivity (Wildman–Crippen MR) is 89.0 cm³/mol. The molecule has 1 fully saturated rings. The van der Waals surface area contributed by atoms with E-state index in [-0.39, 0.29) is 10.5 Å². The summed E-state index contributed by atoms with van der Waals surface area (Å²) in [7, 11) is -2.97. The van der Waals surface area contributed by atoms with E-state index >= 15 is 0 Å². The zero-order chi connectivity index (χ0) is 18.4. The van der Waals surface area contributed by atoms with Crippen LogP contribution in [0.4, 0.5) is 0 Å². The molecule has 8 nitrogen and oxygen atoms in total. The summed E-state index contributed by atoms with van der Waals surface area (Å²) in [5, 5.41) is 0. The molecule has 1 amide bonds. The molecular formula is C16H20N2O6S. The van der Waals surface area contributed by atoms with Gasteiger partial charge in [0.2, 0.25) is 0 Å². The molecule has 25 heavy (non-hydrogen) atoms. The molecule has 1 heterocycles. The van der Waals surface area contributed by atoms with Crippen molar-refractivity contribution in [1.29, 1.82) is 0 Å². The maximum absolute atomic E-state index is 12.4. The first-order valence-electron chi connectivity index (χ1n) is 7.59. The number of esters is 1. The Kier molecular flexibility index (Phi) is 6.16. The number of amides is 1. The van der Waals surface area contributed by atoms with E-state index in [4.69, 9.17) is 4.74 Å². The Morgan fingerprint density at radius 2 is 1.80 bits per heavy atom. The largest absolute Gasteiger partial charge is 0.465 e. The van der Waals surface area contributed by atoms with Crippen LogP contribution < -0.4 is 4.72 Å². The summed E-state index contributed by atoms with van der Waals surface area (Å²) in [6, 6.07) is 6.00. The molecule has 2 rings (SSSR count). The number of nitrogens with one attached hydrogen (secondary N) is 1. The van der Waals surface area contributed by atoms with Crippen molar-refractivity contribution in [3.63, 3.8) is 0 Å². The maximum atomic E-state index is 12.4. The van der Waals surface area contributed by atoms with Crippen molar-refractivity contribution in [2.45, 2.75) is 11.8 Å². The van der Waals surface area contributed by atoms with Crippen LogP contribution in [0.3, 0.4) is 0 Å². The van der Waals surface area contributed by atoms with Gasteiger partial charge in [-0.15, -0.1) is 0 Å². The van der Waals surface area contributed by atoms with Crippen LogP contribution in [0, 0.1) is 6.92 Å². The number of benzene rings is 1. The minimum atomic E-state index is -4.10. The lowest BCUT2D eigenvalue weighted by Crippen LogP contribution is -2.37. The highest BCUT2D eigenvalue weighted by atomic mass is 32.2. The Bertz CT molecular complexity index is 764. The molecule has 1 aromatic carbocycles. The van der Waals surface area contributed by atoms with Crippen LogP contribution >= 0.6 is 0 Å². The van der Waals surface area contributed by atoms with Gasteiger partial charge in [0.25, 0.3) is 15.9 Å². The van der Waals surface area contributed by atoms with Crippen LogP contribution in [0.5, 0.6) is 0 Å². The third-order valence-corrected chi connectivity index (χ3v) is 4.91. The lowest BCUT2D eigenvalue weighted by molar-refractivity contribution is -0.138. The molecule has 0 bridgehead atoms. The van der Waals surface area contributed by atoms with E-state index in [9.17, 15) is 18.0 Å². The number of ether oxygens (including phenoxy) is 2. The van der Waals surface area contributed by atoms with Gasteiger partial charge in [-0.3, -0.25) is 4.79 Å². The van der Waals surface area contributed by atoms with E-state index in [1.807, 2.05) is 11.6 Å². The number of rotatable bonds is 5. The van der Waals surface area contributed by atoms with E-state index in [0.717, 1.165) is 12.7 Å². The molecular weight excluding hydrogens is 348 g/mol. The van der Waals surface area contributed by atoms with Gasteiger partial charge in [-0.2, -0.15) is 0 Å². The molecule has 136 valence electrons. The molecule has 0 radical (unpaired) electrons. The van der Waals surface area contributed by atoms with Gasteiger partial charge in [0.1, 0.15) is 5.57 Å². The highest BCUT2D eigenvalue weighted by Crippen LogP contribution is 2.12. The maximum Gasteiger partial charge on any atom is 0.345 e. The van der Waals surface area contributed by atoms with Crippen molar-refractivity contribution >= 4 is 21.9 Å². The Labute approximate surface area is 146 Å². The molecule has 9 heteroatoms. The molecule has 1 aliphatic rings. The highest BCUT2D eigenvalue weighted by molar-refractivity contribution is 7.90. The first kappa shape index (κ1) is 18.9. The van der Waals surface area contributed by atoms with Gasteiger partial charge in [-0.25, -0.2) is 17.9 Å². The van der Waals surface area contributed by atoms with Gasteiger partial charge in [-0.05, 0) is 19.1 Å². The third-order valence-electron chi connectivity index (χ3n) is 3.57. The zero-order valence-electron chi connectivity index (χ0n) is 14.0. The van der Waals surface area contributed by atoms with Gasteiger partial charge in [0, 0.05) is 19.3 Å². The molecule has 1 saturated heterocycles. The van der Waals surface area contributed by atoms with E-state index < -0.39 is 21.9 Å². The van der Waals surface area contributed by atoms with Gasteiger partial charge in [0.05, 0.1) is 25.2 Å². The highest BCUT2D eigenvalue weighted by Gasteiger charge is 2.26. The Balaban J connectivity index is 2.22. The zero-order valence-corrected chi connectivity index (χ0v) is 14.8. The smallest absolute Gasteiger partial charge is 0.345 e. The number of carbonyl (C=O) groups excluding carboxylic acids is 2. The van der Waals surface area contributed by atoms with E-state index in [1.54, 1.807) is 17.0 Å². The number of nitrogens with zero attached hydrogens (tertiary/aromatic N) is 1. The van der Waals surface area contributed by atoms with Crippen LogP contribution in [0.25, 0.3) is 0 Å². The topological polar surface area (TPSA) is 102 Å². The average Bonchev–Trinajstić information content (AvgIpc) is 2.59. The minimum Gasteiger partial charge on any atom is -0.465 e. The van der Waals surface area contributed by atoms with Crippen LogP contribution in [-0.2, 0) is 29.1 Å². The quantitative estimate of drug-likeness (QED) is 0.342. The van der Waals surface area contributed by atoms with Crippen LogP contribution in [0.15, 0.2) is 40.9 Å². The number of carbonyl (C=O) groups is 2. The fourth-order valence-corrected chi connectivity index (χ4v) is 3.12. The summed E-state index contributed by atoms with van der Waals surface area (Å²) in [6.45, 7) is 3.69. The average molecular weight is 368 g/mol. The Morgan fingerprint density at radius 1 is 1.20 bits per heavy atom. The molecule has 0 saturated carbocycles. The second-order valence-corrected chi connectivity index (χ2v) is 7.11. The van der Waals surface area contributed by atoms with Crippen LogP contribution in [0.1, 0.15) is 5.56 Å². The van der Waals surface area contributed by atoms with Crippen molar-refractivity contribution < 1.29 is 27.5 Å². The molecule has 0 aromatic heterocycles. The minimum absolute atomic E-state index is 0.0676. The monoisotopic (exact) mass is 368 g/mol. The van der Waals surface area contributed by atoms with Crippen molar-refractivity contribution in [2.75, 3.05) is 33.4 Å². The molecule has 0 unspecified atom stereocenters. The summed E-state index contributed by atoms with van der Waals surface area (Å²) in [4.78, 5) is 25.9. The van der Waals surface area contributed by atoms with Gasteiger partial charge in [-0.1, -0.05) is 17.7 Å². The second kappa shape index (κ2) is 8.13. The first-order valence-corrected chi connectivity index (χ1v) is 9.07. The number of morpholine rings is 1. The fraction of sp³-hybridized carbons (Fsp3) is 0.375. The first-order chi connectivity index (χ1) is 11.8. The number of aryl methyl sites for hydroxylation is 1. The Hall–Kier alpha value is -2.39. The molecule has 0 aliphatic carbocycles. The van der Waals surface area contributed by atoms with Crippen LogP contribution in [-0.4, -0.2) is 58.6 Å². The molecule has 0 spiro atoms. The van der Waals surface area contributed by atoms with Crippen molar-refractivity contribution in [1.82, 2.24) is 9.62 Å². The van der Waals surface area contributed by atoms with Gasteiger partial charge < -0.3 is 14.4 Å². The summed E-state index contributed by atoms with van der Waals surface area (Å²) in [5.41, 5.74) is 0.493. The number of methoxy groups -OCH3 is 1. The normalized spacial score (nSPS) is 15.6. The molecule has 1 N–H and O–H groups in total. The molecule has 1 aliphatic heterocycles. The van der Waals surface area contributed by atoms with Gasteiger partial charge >= 0.3 is 5.97 Å². The third kappa shape index (κ3) is 5.04. The fourth-order valence-electron chi connectivity index (χ4n) is 2.16. The van der Waals surface area contributed by atoms with E-state index in [2.05, 4.69) is 4.74 Å². The lowest BCUT2D eigenvalue weighted by atomic mass is 10.2. The van der Waals surface area contributed by atoms with Crippen LogP contribution in [0.2, 0.25) is 0 Å². The Morgan fingerprint density at radius 3 is 2.36 bits per heavy atom. The molecule has 1 aromatic rings. The summed E-state index contributed by atoms with van der Waals surface area (Å²) in [6.07, 6.45) is 1.30.